The average Bonchev–Trinajstić information content (AvgIpc) is 3.46. The number of rotatable bonds is 4. The van der Waals surface area contributed by atoms with Crippen LogP contribution in [-0.4, -0.2) is 32.8 Å². The molecule has 0 N–H and O–H groups in total. The zero-order chi connectivity index (χ0) is 18.3. The van der Waals surface area contributed by atoms with Gasteiger partial charge in [-0.05, 0) is 43.4 Å². The van der Waals surface area contributed by atoms with Crippen molar-refractivity contribution in [1.82, 2.24) is 19.7 Å². The highest BCUT2D eigenvalue weighted by Gasteiger charge is 2.49. The maximum atomic E-state index is 5.08. The molecule has 2 aromatic heterocycles. The van der Waals surface area contributed by atoms with Crippen molar-refractivity contribution >= 4 is 5.82 Å². The van der Waals surface area contributed by atoms with Gasteiger partial charge in [-0.3, -0.25) is 4.68 Å². The van der Waals surface area contributed by atoms with Crippen LogP contribution in [0.25, 0.3) is 0 Å². The third kappa shape index (κ3) is 2.91. The van der Waals surface area contributed by atoms with E-state index in [0.29, 0.717) is 5.92 Å². The number of benzene rings is 1. The molecule has 0 bridgehead atoms. The Morgan fingerprint density at radius 3 is 2.59 bits per heavy atom. The summed E-state index contributed by atoms with van der Waals surface area (Å²) in [6.07, 6.45) is 6.48. The molecular formula is C22H25N5. The number of piperidine rings is 1. The van der Waals surface area contributed by atoms with Crippen LogP contribution in [0.15, 0.2) is 54.7 Å². The molecule has 138 valence electrons. The van der Waals surface area contributed by atoms with Crippen LogP contribution in [0.1, 0.15) is 48.8 Å². The number of hydrogen-bond donors (Lipinski definition) is 0. The first-order valence-corrected chi connectivity index (χ1v) is 9.89. The Bertz CT molecular complexity index is 914. The van der Waals surface area contributed by atoms with E-state index in [2.05, 4.69) is 52.3 Å². The average molecular weight is 359 g/mol. The quantitative estimate of drug-likeness (QED) is 0.713. The predicted octanol–water partition coefficient (Wildman–Crippen LogP) is 3.67. The summed E-state index contributed by atoms with van der Waals surface area (Å²) >= 11 is 0. The molecule has 3 aromatic rings. The van der Waals surface area contributed by atoms with E-state index in [1.165, 1.54) is 5.56 Å². The van der Waals surface area contributed by atoms with Gasteiger partial charge in [0.05, 0.1) is 5.41 Å². The van der Waals surface area contributed by atoms with Crippen molar-refractivity contribution in [1.29, 1.82) is 0 Å². The number of aromatic nitrogens is 4. The fraction of sp³-hybridized carbons (Fsp3) is 0.409. The van der Waals surface area contributed by atoms with Crippen molar-refractivity contribution < 1.29 is 0 Å². The van der Waals surface area contributed by atoms with Gasteiger partial charge in [-0.1, -0.05) is 36.4 Å². The van der Waals surface area contributed by atoms with Gasteiger partial charge < -0.3 is 4.90 Å². The molecule has 1 saturated carbocycles. The van der Waals surface area contributed by atoms with Crippen molar-refractivity contribution in [2.24, 2.45) is 7.05 Å². The van der Waals surface area contributed by atoms with Gasteiger partial charge in [-0.15, -0.1) is 0 Å². The van der Waals surface area contributed by atoms with Crippen LogP contribution < -0.4 is 4.90 Å². The van der Waals surface area contributed by atoms with E-state index in [4.69, 9.17) is 10.1 Å². The van der Waals surface area contributed by atoms with Gasteiger partial charge in [0, 0.05) is 32.3 Å². The second-order valence-corrected chi connectivity index (χ2v) is 7.84. The first-order chi connectivity index (χ1) is 13.3. The van der Waals surface area contributed by atoms with Crippen LogP contribution in [0.4, 0.5) is 5.82 Å². The van der Waals surface area contributed by atoms with Gasteiger partial charge in [-0.2, -0.15) is 5.10 Å². The third-order valence-electron chi connectivity index (χ3n) is 6.06. The summed E-state index contributed by atoms with van der Waals surface area (Å²) < 4.78 is 2.02. The van der Waals surface area contributed by atoms with Crippen LogP contribution >= 0.6 is 0 Å². The Labute approximate surface area is 160 Å². The highest BCUT2D eigenvalue weighted by atomic mass is 15.3. The van der Waals surface area contributed by atoms with Gasteiger partial charge in [0.1, 0.15) is 11.6 Å². The second kappa shape index (κ2) is 6.48. The lowest BCUT2D eigenvalue weighted by molar-refractivity contribution is 0.472. The molecule has 0 radical (unpaired) electrons. The number of aryl methyl sites for hydroxylation is 1. The number of anilines is 1. The summed E-state index contributed by atoms with van der Waals surface area (Å²) in [5, 5.41) is 4.87. The number of pyridine rings is 1. The Hall–Kier alpha value is -2.69. The molecule has 5 rings (SSSR count). The minimum Gasteiger partial charge on any atom is -0.356 e. The molecule has 1 aromatic carbocycles. The largest absolute Gasteiger partial charge is 0.356 e. The van der Waals surface area contributed by atoms with Crippen LogP contribution in [0.5, 0.6) is 0 Å². The number of hydrogen-bond acceptors (Lipinski definition) is 4. The molecule has 3 heterocycles. The van der Waals surface area contributed by atoms with Crippen LogP contribution in [0, 0.1) is 0 Å². The van der Waals surface area contributed by atoms with E-state index in [-0.39, 0.29) is 5.41 Å². The molecule has 0 spiro atoms. The van der Waals surface area contributed by atoms with Crippen molar-refractivity contribution in [2.75, 3.05) is 18.0 Å². The topological polar surface area (TPSA) is 46.8 Å². The van der Waals surface area contributed by atoms with Crippen molar-refractivity contribution in [3.05, 3.63) is 71.9 Å². The lowest BCUT2D eigenvalue weighted by Crippen LogP contribution is -2.35. The fourth-order valence-electron chi connectivity index (χ4n) is 4.42. The molecule has 1 unspecified atom stereocenters. The summed E-state index contributed by atoms with van der Waals surface area (Å²) in [6, 6.07) is 16.9. The van der Waals surface area contributed by atoms with E-state index in [1.54, 1.807) is 0 Å². The van der Waals surface area contributed by atoms with Crippen molar-refractivity contribution in [3.63, 3.8) is 0 Å². The molecule has 5 nitrogen and oxygen atoms in total. The summed E-state index contributed by atoms with van der Waals surface area (Å²) in [5.41, 5.74) is 1.38. The molecule has 5 heteroatoms. The van der Waals surface area contributed by atoms with Gasteiger partial charge >= 0.3 is 0 Å². The first-order valence-electron chi connectivity index (χ1n) is 9.89. The zero-order valence-electron chi connectivity index (χ0n) is 15.8. The van der Waals surface area contributed by atoms with E-state index < -0.39 is 0 Å². The smallest absolute Gasteiger partial charge is 0.161 e. The van der Waals surface area contributed by atoms with Crippen LogP contribution in [-0.2, 0) is 12.5 Å². The molecule has 1 atom stereocenters. The summed E-state index contributed by atoms with van der Waals surface area (Å²) in [5.74, 6) is 3.58. The minimum atomic E-state index is 0.0343. The van der Waals surface area contributed by atoms with Crippen molar-refractivity contribution in [2.45, 2.75) is 37.0 Å². The standard InChI is InChI=1S/C22H25N5/c1-26-20(17-8-7-15-27(16-17)19-11-5-6-14-23-19)24-21(25-26)22(12-13-22)18-9-3-2-4-10-18/h2-6,9-11,14,17H,7-8,12-13,15-16H2,1H3. The molecule has 1 aliphatic heterocycles. The third-order valence-corrected chi connectivity index (χ3v) is 6.06. The van der Waals surface area contributed by atoms with Gasteiger partial charge in [0.25, 0.3) is 0 Å². The molecule has 2 fully saturated rings. The molecule has 1 saturated heterocycles. The first kappa shape index (κ1) is 16.5. The second-order valence-electron chi connectivity index (χ2n) is 7.84. The molecule has 1 aliphatic carbocycles. The predicted molar refractivity (Wildman–Crippen MR) is 106 cm³/mol. The Kier molecular flexibility index (Phi) is 3.96. The van der Waals surface area contributed by atoms with E-state index in [9.17, 15) is 0 Å². The molecule has 0 amide bonds. The Morgan fingerprint density at radius 2 is 1.85 bits per heavy atom. The molecule has 2 aliphatic rings. The number of nitrogens with zero attached hydrogens (tertiary/aromatic N) is 5. The van der Waals surface area contributed by atoms with E-state index in [1.807, 2.05) is 24.0 Å². The van der Waals surface area contributed by atoms with Crippen LogP contribution in [0.2, 0.25) is 0 Å². The summed E-state index contributed by atoms with van der Waals surface area (Å²) in [6.45, 7) is 2.02. The van der Waals surface area contributed by atoms with Gasteiger partial charge in [0.15, 0.2) is 5.82 Å². The zero-order valence-corrected chi connectivity index (χ0v) is 15.8. The van der Waals surface area contributed by atoms with Gasteiger partial charge in [0.2, 0.25) is 0 Å². The molecular weight excluding hydrogens is 334 g/mol. The van der Waals surface area contributed by atoms with E-state index in [0.717, 1.165) is 56.2 Å². The highest BCUT2D eigenvalue weighted by molar-refractivity contribution is 5.40. The summed E-state index contributed by atoms with van der Waals surface area (Å²) in [4.78, 5) is 12.0. The highest BCUT2D eigenvalue weighted by Crippen LogP contribution is 2.52. The Morgan fingerprint density at radius 1 is 1.04 bits per heavy atom. The minimum absolute atomic E-state index is 0.0343. The summed E-state index contributed by atoms with van der Waals surface area (Å²) in [7, 11) is 2.05. The maximum Gasteiger partial charge on any atom is 0.161 e. The SMILES string of the molecule is Cn1nc(C2(c3ccccc3)CC2)nc1C1CCCN(c2ccccn2)C1. The lowest BCUT2D eigenvalue weighted by Gasteiger charge is -2.33. The lowest BCUT2D eigenvalue weighted by atomic mass is 9.95. The van der Waals surface area contributed by atoms with Gasteiger partial charge in [-0.25, -0.2) is 9.97 Å². The maximum absolute atomic E-state index is 5.08. The molecule has 27 heavy (non-hydrogen) atoms. The Balaban J connectivity index is 1.42. The van der Waals surface area contributed by atoms with E-state index >= 15 is 0 Å². The normalized spacial score (nSPS) is 21.2. The fourth-order valence-corrected chi connectivity index (χ4v) is 4.42. The van der Waals surface area contributed by atoms with Crippen LogP contribution in [0.3, 0.4) is 0 Å². The van der Waals surface area contributed by atoms with Crippen molar-refractivity contribution in [3.8, 4) is 0 Å². The monoisotopic (exact) mass is 359 g/mol.